The van der Waals surface area contributed by atoms with Crippen molar-refractivity contribution in [3.63, 3.8) is 0 Å². The SMILES string of the molecule is COc1ccc2oc(C(C)NC(=O)NCCO)c(C)c2c1. The van der Waals surface area contributed by atoms with E-state index in [0.717, 1.165) is 22.3 Å². The van der Waals surface area contributed by atoms with Crippen LogP contribution in [0.15, 0.2) is 22.6 Å². The average Bonchev–Trinajstić information content (AvgIpc) is 2.81. The third kappa shape index (κ3) is 3.28. The van der Waals surface area contributed by atoms with E-state index in [1.165, 1.54) is 0 Å². The van der Waals surface area contributed by atoms with Gasteiger partial charge in [-0.15, -0.1) is 0 Å². The smallest absolute Gasteiger partial charge is 0.315 e. The first-order valence-corrected chi connectivity index (χ1v) is 6.79. The van der Waals surface area contributed by atoms with Crippen molar-refractivity contribution in [1.82, 2.24) is 10.6 Å². The highest BCUT2D eigenvalue weighted by atomic mass is 16.5. The molecule has 0 aliphatic rings. The minimum Gasteiger partial charge on any atom is -0.497 e. The van der Waals surface area contributed by atoms with Gasteiger partial charge in [-0.2, -0.15) is 0 Å². The van der Waals surface area contributed by atoms with Gasteiger partial charge in [0, 0.05) is 17.5 Å². The summed E-state index contributed by atoms with van der Waals surface area (Å²) in [7, 11) is 1.62. The number of benzene rings is 1. The average molecular weight is 292 g/mol. The molecule has 2 aromatic rings. The van der Waals surface area contributed by atoms with Gasteiger partial charge in [-0.1, -0.05) is 0 Å². The molecule has 0 radical (unpaired) electrons. The standard InChI is InChI=1S/C15H20N2O4/c1-9-12-8-11(20-3)4-5-13(12)21-14(9)10(2)17-15(19)16-6-7-18/h4-5,8,10,18H,6-7H2,1-3H3,(H2,16,17,19). The third-order valence-corrected chi connectivity index (χ3v) is 3.32. The first-order valence-electron chi connectivity index (χ1n) is 6.79. The van der Waals surface area contributed by atoms with Crippen LogP contribution in [0.1, 0.15) is 24.3 Å². The monoisotopic (exact) mass is 292 g/mol. The Balaban J connectivity index is 2.21. The lowest BCUT2D eigenvalue weighted by Gasteiger charge is -2.13. The van der Waals surface area contributed by atoms with Gasteiger partial charge in [0.1, 0.15) is 17.1 Å². The molecule has 0 bridgehead atoms. The molecule has 1 aromatic carbocycles. The number of furan rings is 1. The topological polar surface area (TPSA) is 83.7 Å². The highest BCUT2D eigenvalue weighted by Crippen LogP contribution is 2.31. The lowest BCUT2D eigenvalue weighted by atomic mass is 10.1. The number of ether oxygens (including phenoxy) is 1. The molecule has 0 aliphatic heterocycles. The van der Waals surface area contributed by atoms with E-state index < -0.39 is 0 Å². The Morgan fingerprint density at radius 2 is 2.24 bits per heavy atom. The molecule has 0 saturated carbocycles. The molecule has 1 aromatic heterocycles. The molecule has 0 spiro atoms. The summed E-state index contributed by atoms with van der Waals surface area (Å²) in [5.41, 5.74) is 1.73. The number of fused-ring (bicyclic) bond motifs is 1. The molecule has 1 atom stereocenters. The summed E-state index contributed by atoms with van der Waals surface area (Å²) in [4.78, 5) is 11.6. The van der Waals surface area contributed by atoms with Crippen LogP contribution in [-0.4, -0.2) is 31.4 Å². The van der Waals surface area contributed by atoms with Crippen LogP contribution in [0, 0.1) is 6.92 Å². The molecule has 3 N–H and O–H groups in total. The van der Waals surface area contributed by atoms with Gasteiger partial charge in [-0.25, -0.2) is 4.79 Å². The molecular formula is C15H20N2O4. The number of urea groups is 1. The molecule has 1 heterocycles. The fourth-order valence-electron chi connectivity index (χ4n) is 2.24. The number of hydrogen-bond acceptors (Lipinski definition) is 4. The Bertz CT molecular complexity index is 636. The summed E-state index contributed by atoms with van der Waals surface area (Å²) in [6.07, 6.45) is 0. The van der Waals surface area contributed by atoms with Crippen LogP contribution >= 0.6 is 0 Å². The number of aliphatic hydroxyl groups excluding tert-OH is 1. The van der Waals surface area contributed by atoms with Crippen molar-refractivity contribution < 1.29 is 19.1 Å². The largest absolute Gasteiger partial charge is 0.497 e. The fourth-order valence-corrected chi connectivity index (χ4v) is 2.24. The van der Waals surface area contributed by atoms with Crippen LogP contribution in [0.4, 0.5) is 4.79 Å². The van der Waals surface area contributed by atoms with Crippen molar-refractivity contribution in [2.24, 2.45) is 0 Å². The zero-order valence-corrected chi connectivity index (χ0v) is 12.4. The molecule has 21 heavy (non-hydrogen) atoms. The van der Waals surface area contributed by atoms with Crippen molar-refractivity contribution in [2.75, 3.05) is 20.3 Å². The van der Waals surface area contributed by atoms with Crippen molar-refractivity contribution in [1.29, 1.82) is 0 Å². The molecule has 0 fully saturated rings. The molecule has 1 unspecified atom stereocenters. The molecule has 2 amide bonds. The van der Waals surface area contributed by atoms with Gasteiger partial charge in [0.15, 0.2) is 0 Å². The first kappa shape index (κ1) is 15.2. The number of nitrogens with one attached hydrogen (secondary N) is 2. The highest BCUT2D eigenvalue weighted by Gasteiger charge is 2.18. The maximum absolute atomic E-state index is 11.6. The second kappa shape index (κ2) is 6.49. The zero-order valence-electron chi connectivity index (χ0n) is 12.4. The number of rotatable bonds is 5. The van der Waals surface area contributed by atoms with E-state index in [4.69, 9.17) is 14.3 Å². The van der Waals surface area contributed by atoms with E-state index in [1.54, 1.807) is 7.11 Å². The van der Waals surface area contributed by atoms with Crippen LogP contribution in [-0.2, 0) is 0 Å². The summed E-state index contributed by atoms with van der Waals surface area (Å²) < 4.78 is 11.0. The number of amides is 2. The predicted molar refractivity (Wildman–Crippen MR) is 79.5 cm³/mol. The second-order valence-electron chi connectivity index (χ2n) is 4.80. The second-order valence-corrected chi connectivity index (χ2v) is 4.80. The van der Waals surface area contributed by atoms with Gasteiger partial charge >= 0.3 is 6.03 Å². The van der Waals surface area contributed by atoms with E-state index in [-0.39, 0.29) is 25.2 Å². The van der Waals surface area contributed by atoms with E-state index in [2.05, 4.69) is 10.6 Å². The number of aryl methyl sites for hydroxylation is 1. The zero-order chi connectivity index (χ0) is 15.4. The molecule has 0 saturated heterocycles. The quantitative estimate of drug-likeness (QED) is 0.788. The third-order valence-electron chi connectivity index (χ3n) is 3.32. The molecule has 6 nitrogen and oxygen atoms in total. The summed E-state index contributed by atoms with van der Waals surface area (Å²) in [6, 6.07) is 4.98. The minimum absolute atomic E-state index is 0.0920. The summed E-state index contributed by atoms with van der Waals surface area (Å²) in [6.45, 7) is 3.92. The fraction of sp³-hybridized carbons (Fsp3) is 0.400. The minimum atomic E-state index is -0.339. The molecule has 6 heteroatoms. The molecule has 2 rings (SSSR count). The maximum Gasteiger partial charge on any atom is 0.315 e. The Morgan fingerprint density at radius 3 is 2.90 bits per heavy atom. The number of aliphatic hydroxyl groups is 1. The van der Waals surface area contributed by atoms with E-state index >= 15 is 0 Å². The summed E-state index contributed by atoms with van der Waals surface area (Å²) in [5.74, 6) is 1.47. The van der Waals surface area contributed by atoms with Gasteiger partial charge in [-0.05, 0) is 32.0 Å². The van der Waals surface area contributed by atoms with Gasteiger partial charge in [0.25, 0.3) is 0 Å². The van der Waals surface area contributed by atoms with Crippen LogP contribution < -0.4 is 15.4 Å². The number of carbonyl (C=O) groups excluding carboxylic acids is 1. The Labute approximate surface area is 123 Å². The number of hydrogen-bond donors (Lipinski definition) is 3. The molecule has 114 valence electrons. The van der Waals surface area contributed by atoms with Crippen LogP contribution in [0.25, 0.3) is 11.0 Å². The lowest BCUT2D eigenvalue weighted by molar-refractivity contribution is 0.230. The van der Waals surface area contributed by atoms with Gasteiger partial charge in [-0.3, -0.25) is 0 Å². The number of carbonyl (C=O) groups is 1. The van der Waals surface area contributed by atoms with E-state index in [9.17, 15) is 4.79 Å². The van der Waals surface area contributed by atoms with E-state index in [0.29, 0.717) is 5.76 Å². The van der Waals surface area contributed by atoms with Crippen molar-refractivity contribution in [3.8, 4) is 5.75 Å². The van der Waals surface area contributed by atoms with Crippen LogP contribution in [0.3, 0.4) is 0 Å². The maximum atomic E-state index is 11.6. The lowest BCUT2D eigenvalue weighted by Crippen LogP contribution is -2.38. The molecular weight excluding hydrogens is 272 g/mol. The predicted octanol–water partition coefficient (Wildman–Crippen LogP) is 2.10. The Hall–Kier alpha value is -2.21. The van der Waals surface area contributed by atoms with Crippen LogP contribution in [0.5, 0.6) is 5.75 Å². The van der Waals surface area contributed by atoms with Gasteiger partial charge in [0.2, 0.25) is 0 Å². The summed E-state index contributed by atoms with van der Waals surface area (Å²) >= 11 is 0. The number of methoxy groups -OCH3 is 1. The van der Waals surface area contributed by atoms with Gasteiger partial charge in [0.05, 0.1) is 19.8 Å². The van der Waals surface area contributed by atoms with Crippen molar-refractivity contribution >= 4 is 17.0 Å². The highest BCUT2D eigenvalue weighted by molar-refractivity contribution is 5.84. The normalized spacial score (nSPS) is 12.2. The van der Waals surface area contributed by atoms with Crippen molar-refractivity contribution in [3.05, 3.63) is 29.5 Å². The van der Waals surface area contributed by atoms with E-state index in [1.807, 2.05) is 32.0 Å². The summed E-state index contributed by atoms with van der Waals surface area (Å²) in [5, 5.41) is 15.0. The Morgan fingerprint density at radius 1 is 1.48 bits per heavy atom. The van der Waals surface area contributed by atoms with Crippen LogP contribution in [0.2, 0.25) is 0 Å². The van der Waals surface area contributed by atoms with Gasteiger partial charge < -0.3 is 24.9 Å². The Kier molecular flexibility index (Phi) is 4.70. The van der Waals surface area contributed by atoms with Crippen molar-refractivity contribution in [2.45, 2.75) is 19.9 Å². The molecule has 0 aliphatic carbocycles. The first-order chi connectivity index (χ1) is 10.1.